The van der Waals surface area contributed by atoms with Crippen molar-refractivity contribution in [2.24, 2.45) is 11.1 Å². The molecule has 0 amide bonds. The van der Waals surface area contributed by atoms with Crippen molar-refractivity contribution in [3.63, 3.8) is 0 Å². The van der Waals surface area contributed by atoms with Crippen molar-refractivity contribution in [1.82, 2.24) is 9.88 Å². The van der Waals surface area contributed by atoms with Crippen LogP contribution in [0.1, 0.15) is 48.0 Å². The van der Waals surface area contributed by atoms with Crippen LogP contribution < -0.4 is 5.73 Å². The van der Waals surface area contributed by atoms with Crippen LogP contribution in [0.4, 0.5) is 0 Å². The summed E-state index contributed by atoms with van der Waals surface area (Å²) in [7, 11) is 2.14. The fourth-order valence-electron chi connectivity index (χ4n) is 3.08. The van der Waals surface area contributed by atoms with Crippen molar-refractivity contribution in [2.75, 3.05) is 26.7 Å². The van der Waals surface area contributed by atoms with Gasteiger partial charge in [-0.25, -0.2) is 4.98 Å². The standard InChI is InChI=1S/C14H23N3OS/c1-14(2)6-9(15)12-10(7-14)16-13(19-12)11-8-17(3)4-5-18-11/h9,11H,4-8,15H2,1-3H3. The summed E-state index contributed by atoms with van der Waals surface area (Å²) in [5, 5.41) is 1.12. The number of rotatable bonds is 1. The van der Waals surface area contributed by atoms with Crippen LogP contribution in [0.3, 0.4) is 0 Å². The number of morpholine rings is 1. The van der Waals surface area contributed by atoms with E-state index in [0.717, 1.165) is 37.5 Å². The highest BCUT2D eigenvalue weighted by molar-refractivity contribution is 7.11. The SMILES string of the molecule is CN1CCOC(c2nc3c(s2)C(N)CC(C)(C)C3)C1. The fourth-order valence-corrected chi connectivity index (χ4v) is 4.20. The molecular formula is C14H23N3OS. The Bertz CT molecular complexity index is 471. The number of hydrogen-bond donors (Lipinski definition) is 1. The molecule has 106 valence electrons. The van der Waals surface area contributed by atoms with Crippen molar-refractivity contribution >= 4 is 11.3 Å². The Balaban J connectivity index is 1.86. The maximum Gasteiger partial charge on any atom is 0.123 e. The van der Waals surface area contributed by atoms with E-state index in [0.29, 0.717) is 0 Å². The molecule has 1 aliphatic heterocycles. The number of nitrogens with zero attached hydrogens (tertiary/aromatic N) is 2. The van der Waals surface area contributed by atoms with Crippen LogP contribution in [0.25, 0.3) is 0 Å². The van der Waals surface area contributed by atoms with Gasteiger partial charge in [-0.05, 0) is 25.3 Å². The predicted molar refractivity (Wildman–Crippen MR) is 77.3 cm³/mol. The van der Waals surface area contributed by atoms with Gasteiger partial charge >= 0.3 is 0 Å². The molecule has 0 saturated carbocycles. The first kappa shape index (κ1) is 13.5. The highest BCUT2D eigenvalue weighted by atomic mass is 32.1. The van der Waals surface area contributed by atoms with Crippen LogP contribution in [-0.2, 0) is 11.2 Å². The number of fused-ring (bicyclic) bond motifs is 1. The Morgan fingerprint density at radius 3 is 3.00 bits per heavy atom. The van der Waals surface area contributed by atoms with Gasteiger partial charge in [-0.3, -0.25) is 0 Å². The minimum atomic E-state index is 0.129. The summed E-state index contributed by atoms with van der Waals surface area (Å²) in [6.07, 6.45) is 2.21. The van der Waals surface area contributed by atoms with Gasteiger partial charge in [0.15, 0.2) is 0 Å². The van der Waals surface area contributed by atoms with Crippen LogP contribution in [0.5, 0.6) is 0 Å². The molecule has 2 atom stereocenters. The molecule has 2 unspecified atom stereocenters. The molecular weight excluding hydrogens is 258 g/mol. The average molecular weight is 281 g/mol. The second-order valence-electron chi connectivity index (χ2n) is 6.64. The van der Waals surface area contributed by atoms with Gasteiger partial charge < -0.3 is 15.4 Å². The summed E-state index contributed by atoms with van der Waals surface area (Å²) < 4.78 is 5.86. The van der Waals surface area contributed by atoms with Gasteiger partial charge in [-0.2, -0.15) is 0 Å². The maximum atomic E-state index is 6.31. The molecule has 3 rings (SSSR count). The first-order valence-electron chi connectivity index (χ1n) is 7.00. The second-order valence-corrected chi connectivity index (χ2v) is 7.70. The monoisotopic (exact) mass is 281 g/mol. The van der Waals surface area contributed by atoms with Crippen LogP contribution >= 0.6 is 11.3 Å². The van der Waals surface area contributed by atoms with E-state index < -0.39 is 0 Å². The normalized spacial score (nSPS) is 31.2. The Labute approximate surface area is 119 Å². The first-order valence-corrected chi connectivity index (χ1v) is 7.81. The van der Waals surface area contributed by atoms with Crippen molar-refractivity contribution in [3.8, 4) is 0 Å². The molecule has 1 saturated heterocycles. The third-order valence-electron chi connectivity index (χ3n) is 4.04. The predicted octanol–water partition coefficient (Wildman–Crippen LogP) is 2.12. The van der Waals surface area contributed by atoms with Crippen LogP contribution in [-0.4, -0.2) is 36.6 Å². The highest BCUT2D eigenvalue weighted by Gasteiger charge is 2.34. The van der Waals surface area contributed by atoms with Crippen LogP contribution in [0.15, 0.2) is 0 Å². The first-order chi connectivity index (χ1) is 8.94. The van der Waals surface area contributed by atoms with E-state index in [1.165, 1.54) is 10.6 Å². The molecule has 4 nitrogen and oxygen atoms in total. The minimum absolute atomic E-state index is 0.129. The zero-order valence-electron chi connectivity index (χ0n) is 12.0. The summed E-state index contributed by atoms with van der Waals surface area (Å²) in [6, 6.07) is 0.145. The highest BCUT2D eigenvalue weighted by Crippen LogP contribution is 2.43. The number of aromatic nitrogens is 1. The van der Waals surface area contributed by atoms with Gasteiger partial charge in [0.05, 0.1) is 12.3 Å². The van der Waals surface area contributed by atoms with E-state index in [1.807, 2.05) is 0 Å². The number of nitrogens with two attached hydrogens (primary N) is 1. The Morgan fingerprint density at radius 2 is 2.26 bits per heavy atom. The largest absolute Gasteiger partial charge is 0.368 e. The minimum Gasteiger partial charge on any atom is -0.368 e. The molecule has 19 heavy (non-hydrogen) atoms. The van der Waals surface area contributed by atoms with E-state index in [1.54, 1.807) is 11.3 Å². The maximum absolute atomic E-state index is 6.31. The van der Waals surface area contributed by atoms with Gasteiger partial charge in [0.25, 0.3) is 0 Å². The molecule has 2 heterocycles. The fraction of sp³-hybridized carbons (Fsp3) is 0.786. The van der Waals surface area contributed by atoms with E-state index in [4.69, 9.17) is 15.5 Å². The third-order valence-corrected chi connectivity index (χ3v) is 5.37. The summed E-state index contributed by atoms with van der Waals surface area (Å²) in [5.41, 5.74) is 7.79. The van der Waals surface area contributed by atoms with E-state index >= 15 is 0 Å². The summed E-state index contributed by atoms with van der Waals surface area (Å²) in [4.78, 5) is 8.43. The molecule has 2 aliphatic rings. The second kappa shape index (κ2) is 4.81. The van der Waals surface area contributed by atoms with Gasteiger partial charge in [0, 0.05) is 24.0 Å². The topological polar surface area (TPSA) is 51.4 Å². The lowest BCUT2D eigenvalue weighted by atomic mass is 9.77. The lowest BCUT2D eigenvalue weighted by molar-refractivity contribution is -0.0210. The summed E-state index contributed by atoms with van der Waals surface area (Å²) in [5.74, 6) is 0. The van der Waals surface area contributed by atoms with Crippen molar-refractivity contribution in [3.05, 3.63) is 15.6 Å². The quantitative estimate of drug-likeness (QED) is 0.856. The van der Waals surface area contributed by atoms with Gasteiger partial charge in [0.2, 0.25) is 0 Å². The zero-order valence-corrected chi connectivity index (χ0v) is 12.8. The Kier molecular flexibility index (Phi) is 3.41. The smallest absolute Gasteiger partial charge is 0.123 e. The van der Waals surface area contributed by atoms with Crippen LogP contribution in [0, 0.1) is 5.41 Å². The van der Waals surface area contributed by atoms with Gasteiger partial charge in [-0.15, -0.1) is 11.3 Å². The third kappa shape index (κ3) is 2.70. The summed E-state index contributed by atoms with van der Waals surface area (Å²) >= 11 is 1.76. The number of hydrogen-bond acceptors (Lipinski definition) is 5. The van der Waals surface area contributed by atoms with Crippen LogP contribution in [0.2, 0.25) is 0 Å². The number of ether oxygens (including phenoxy) is 1. The summed E-state index contributed by atoms with van der Waals surface area (Å²) in [6.45, 7) is 7.29. The van der Waals surface area contributed by atoms with Crippen molar-refractivity contribution in [1.29, 1.82) is 0 Å². The molecule has 5 heteroatoms. The lowest BCUT2D eigenvalue weighted by Gasteiger charge is -2.32. The molecule has 0 spiro atoms. The molecule has 0 aromatic carbocycles. The average Bonchev–Trinajstić information content (AvgIpc) is 2.71. The van der Waals surface area contributed by atoms with Crippen molar-refractivity contribution < 1.29 is 4.74 Å². The van der Waals surface area contributed by atoms with Crippen molar-refractivity contribution in [2.45, 2.75) is 38.8 Å². The lowest BCUT2D eigenvalue weighted by Crippen LogP contribution is -2.35. The number of thiazole rings is 1. The zero-order chi connectivity index (χ0) is 13.6. The Morgan fingerprint density at radius 1 is 1.47 bits per heavy atom. The molecule has 1 aliphatic carbocycles. The Hall–Kier alpha value is -0.490. The molecule has 0 bridgehead atoms. The van der Waals surface area contributed by atoms with Gasteiger partial charge in [0.1, 0.15) is 11.1 Å². The molecule has 0 radical (unpaired) electrons. The molecule has 1 fully saturated rings. The van der Waals surface area contributed by atoms with Gasteiger partial charge in [-0.1, -0.05) is 13.8 Å². The molecule has 1 aromatic heterocycles. The molecule has 2 N–H and O–H groups in total. The van der Waals surface area contributed by atoms with E-state index in [-0.39, 0.29) is 17.6 Å². The van der Waals surface area contributed by atoms with E-state index in [2.05, 4.69) is 25.8 Å². The molecule has 1 aromatic rings. The van der Waals surface area contributed by atoms with E-state index in [9.17, 15) is 0 Å². The number of likely N-dealkylation sites (N-methyl/N-ethyl adjacent to an activating group) is 1.